The van der Waals surface area contributed by atoms with Crippen LogP contribution in [0.3, 0.4) is 0 Å². The van der Waals surface area contributed by atoms with E-state index < -0.39 is 0 Å². The van der Waals surface area contributed by atoms with Gasteiger partial charge >= 0.3 is 0 Å². The second-order valence-corrected chi connectivity index (χ2v) is 5.35. The molecule has 0 radical (unpaired) electrons. The van der Waals surface area contributed by atoms with Gasteiger partial charge in [-0.1, -0.05) is 12.5 Å². The van der Waals surface area contributed by atoms with Gasteiger partial charge in [-0.15, -0.1) is 0 Å². The molecule has 1 aromatic rings. The molecule has 0 spiro atoms. The monoisotopic (exact) mass is 233 g/mol. The molecule has 0 saturated heterocycles. The predicted molar refractivity (Wildman–Crippen MR) is 70.5 cm³/mol. The first-order valence-electron chi connectivity index (χ1n) is 6.57. The highest BCUT2D eigenvalue weighted by Crippen LogP contribution is 2.23. The molecule has 1 aliphatic carbocycles. The molecule has 1 aromatic heterocycles. The number of hydrogen-bond donors (Lipinski definition) is 1. The van der Waals surface area contributed by atoms with Crippen molar-refractivity contribution in [2.75, 3.05) is 13.6 Å². The van der Waals surface area contributed by atoms with Crippen LogP contribution < -0.4 is 5.73 Å². The minimum atomic E-state index is 0.431. The zero-order valence-corrected chi connectivity index (χ0v) is 10.7. The van der Waals surface area contributed by atoms with E-state index in [2.05, 4.69) is 23.0 Å². The quantitative estimate of drug-likeness (QED) is 0.865. The Balaban J connectivity index is 1.79. The minimum absolute atomic E-state index is 0.431. The number of nitrogens with zero attached hydrogens (tertiary/aromatic N) is 2. The fourth-order valence-corrected chi connectivity index (χ4v) is 2.81. The Bertz CT molecular complexity index is 325. The third-order valence-corrected chi connectivity index (χ3v) is 3.57. The van der Waals surface area contributed by atoms with E-state index in [0.29, 0.717) is 6.04 Å². The molecule has 1 aliphatic rings. The summed E-state index contributed by atoms with van der Waals surface area (Å²) in [5.74, 6) is 0.778. The van der Waals surface area contributed by atoms with Gasteiger partial charge in [0.2, 0.25) is 0 Å². The van der Waals surface area contributed by atoms with Gasteiger partial charge in [0.1, 0.15) is 0 Å². The molecule has 0 aliphatic heterocycles. The van der Waals surface area contributed by atoms with Crippen molar-refractivity contribution in [1.29, 1.82) is 0 Å². The zero-order chi connectivity index (χ0) is 12.1. The number of nitrogens with two attached hydrogens (primary N) is 1. The van der Waals surface area contributed by atoms with Crippen LogP contribution in [-0.4, -0.2) is 29.5 Å². The molecule has 3 nitrogen and oxygen atoms in total. The highest BCUT2D eigenvalue weighted by molar-refractivity contribution is 5.07. The van der Waals surface area contributed by atoms with Crippen molar-refractivity contribution in [2.24, 2.45) is 11.7 Å². The highest BCUT2D eigenvalue weighted by Gasteiger charge is 2.20. The molecule has 2 unspecified atom stereocenters. The molecular formula is C14H23N3. The van der Waals surface area contributed by atoms with Crippen molar-refractivity contribution in [3.63, 3.8) is 0 Å². The highest BCUT2D eigenvalue weighted by atomic mass is 15.1. The summed E-state index contributed by atoms with van der Waals surface area (Å²) in [5, 5.41) is 0. The van der Waals surface area contributed by atoms with E-state index in [1.54, 1.807) is 0 Å². The molecule has 1 heterocycles. The normalized spacial score (nSPS) is 25.1. The number of aromatic nitrogens is 1. The minimum Gasteiger partial charge on any atom is -0.328 e. The Labute approximate surface area is 104 Å². The van der Waals surface area contributed by atoms with Crippen LogP contribution >= 0.6 is 0 Å². The van der Waals surface area contributed by atoms with Crippen LogP contribution in [0.4, 0.5) is 0 Å². The summed E-state index contributed by atoms with van der Waals surface area (Å²) in [6.45, 7) is 2.14. The molecule has 1 saturated carbocycles. The Morgan fingerprint density at radius 1 is 1.47 bits per heavy atom. The maximum Gasteiger partial charge on any atom is 0.0312 e. The summed E-state index contributed by atoms with van der Waals surface area (Å²) in [4.78, 5) is 6.54. The van der Waals surface area contributed by atoms with Crippen LogP contribution in [0.1, 0.15) is 31.2 Å². The van der Waals surface area contributed by atoms with Gasteiger partial charge in [-0.3, -0.25) is 4.98 Å². The van der Waals surface area contributed by atoms with E-state index >= 15 is 0 Å². The summed E-state index contributed by atoms with van der Waals surface area (Å²) in [7, 11) is 2.19. The average molecular weight is 233 g/mol. The zero-order valence-electron chi connectivity index (χ0n) is 10.7. The van der Waals surface area contributed by atoms with Crippen LogP contribution in [-0.2, 0) is 6.54 Å². The van der Waals surface area contributed by atoms with Gasteiger partial charge in [-0.2, -0.15) is 0 Å². The molecule has 2 atom stereocenters. The van der Waals surface area contributed by atoms with Gasteiger partial charge in [0, 0.05) is 31.5 Å². The molecule has 0 bridgehead atoms. The van der Waals surface area contributed by atoms with Crippen LogP contribution in [0.5, 0.6) is 0 Å². The summed E-state index contributed by atoms with van der Waals surface area (Å²) in [6.07, 6.45) is 8.81. The van der Waals surface area contributed by atoms with E-state index in [4.69, 9.17) is 5.73 Å². The van der Waals surface area contributed by atoms with E-state index in [0.717, 1.165) is 19.0 Å². The van der Waals surface area contributed by atoms with E-state index in [1.165, 1.54) is 31.2 Å². The number of hydrogen-bond acceptors (Lipinski definition) is 3. The lowest BCUT2D eigenvalue weighted by molar-refractivity contribution is 0.216. The van der Waals surface area contributed by atoms with Crippen molar-refractivity contribution >= 4 is 0 Å². The summed E-state index contributed by atoms with van der Waals surface area (Å²) in [5.41, 5.74) is 7.31. The SMILES string of the molecule is CN(Cc1cccnc1)CC1CCCC(N)C1. The number of rotatable bonds is 4. The second kappa shape index (κ2) is 6.12. The van der Waals surface area contributed by atoms with Gasteiger partial charge in [-0.25, -0.2) is 0 Å². The van der Waals surface area contributed by atoms with Crippen LogP contribution in [0, 0.1) is 5.92 Å². The average Bonchev–Trinajstić information content (AvgIpc) is 2.30. The molecular weight excluding hydrogens is 210 g/mol. The first kappa shape index (κ1) is 12.5. The van der Waals surface area contributed by atoms with E-state index in [9.17, 15) is 0 Å². The predicted octanol–water partition coefficient (Wildman–Crippen LogP) is 2.03. The molecule has 0 amide bonds. The largest absolute Gasteiger partial charge is 0.328 e. The van der Waals surface area contributed by atoms with Crippen molar-refractivity contribution in [2.45, 2.75) is 38.3 Å². The second-order valence-electron chi connectivity index (χ2n) is 5.35. The van der Waals surface area contributed by atoms with Gasteiger partial charge in [0.05, 0.1) is 0 Å². The summed E-state index contributed by atoms with van der Waals surface area (Å²) >= 11 is 0. The Hall–Kier alpha value is -0.930. The smallest absolute Gasteiger partial charge is 0.0312 e. The van der Waals surface area contributed by atoms with Crippen LogP contribution in [0.15, 0.2) is 24.5 Å². The third kappa shape index (κ3) is 4.10. The molecule has 1 fully saturated rings. The fourth-order valence-electron chi connectivity index (χ4n) is 2.81. The van der Waals surface area contributed by atoms with Gasteiger partial charge < -0.3 is 10.6 Å². The molecule has 2 N–H and O–H groups in total. The third-order valence-electron chi connectivity index (χ3n) is 3.57. The van der Waals surface area contributed by atoms with Crippen molar-refractivity contribution < 1.29 is 0 Å². The molecule has 2 rings (SSSR count). The Morgan fingerprint density at radius 3 is 3.06 bits per heavy atom. The lowest BCUT2D eigenvalue weighted by atomic mass is 9.86. The Morgan fingerprint density at radius 2 is 2.35 bits per heavy atom. The topological polar surface area (TPSA) is 42.2 Å². The van der Waals surface area contributed by atoms with E-state index in [1.807, 2.05) is 18.5 Å². The van der Waals surface area contributed by atoms with Gasteiger partial charge in [0.25, 0.3) is 0 Å². The first-order chi connectivity index (χ1) is 8.24. The summed E-state index contributed by atoms with van der Waals surface area (Å²) in [6, 6.07) is 4.57. The lowest BCUT2D eigenvalue weighted by Gasteiger charge is -2.30. The van der Waals surface area contributed by atoms with Crippen molar-refractivity contribution in [1.82, 2.24) is 9.88 Å². The number of pyridine rings is 1. The standard InChI is InChI=1S/C14H23N3/c1-17(11-13-5-3-7-16-9-13)10-12-4-2-6-14(15)8-12/h3,5,7,9,12,14H,2,4,6,8,10-11,15H2,1H3. The van der Waals surface area contributed by atoms with E-state index in [-0.39, 0.29) is 0 Å². The molecule has 0 aromatic carbocycles. The van der Waals surface area contributed by atoms with Crippen LogP contribution in [0.2, 0.25) is 0 Å². The van der Waals surface area contributed by atoms with Crippen LogP contribution in [0.25, 0.3) is 0 Å². The molecule has 17 heavy (non-hydrogen) atoms. The first-order valence-corrected chi connectivity index (χ1v) is 6.57. The summed E-state index contributed by atoms with van der Waals surface area (Å²) < 4.78 is 0. The van der Waals surface area contributed by atoms with Gasteiger partial charge in [0.15, 0.2) is 0 Å². The van der Waals surface area contributed by atoms with Crippen molar-refractivity contribution in [3.05, 3.63) is 30.1 Å². The fraction of sp³-hybridized carbons (Fsp3) is 0.643. The molecule has 94 valence electrons. The van der Waals surface area contributed by atoms with Gasteiger partial charge in [-0.05, 0) is 43.9 Å². The van der Waals surface area contributed by atoms with Crippen molar-refractivity contribution in [3.8, 4) is 0 Å². The lowest BCUT2D eigenvalue weighted by Crippen LogP contribution is -2.34. The molecule has 3 heteroatoms. The Kier molecular flexibility index (Phi) is 4.51. The maximum atomic E-state index is 6.02. The maximum absolute atomic E-state index is 6.02.